The first-order valence-corrected chi connectivity index (χ1v) is 10.7. The molecule has 160 valence electrons. The van der Waals surface area contributed by atoms with Gasteiger partial charge >= 0.3 is 0 Å². The molecule has 2 amide bonds. The van der Waals surface area contributed by atoms with E-state index in [4.69, 9.17) is 9.47 Å². The molecule has 3 fully saturated rings. The summed E-state index contributed by atoms with van der Waals surface area (Å²) in [5.74, 6) is 0.912. The number of aliphatic hydroxyl groups excluding tert-OH is 1. The topological polar surface area (TPSA) is 88.1 Å². The monoisotopic (exact) mass is 396 g/mol. The molecule has 1 unspecified atom stereocenters. The molecule has 0 aromatic heterocycles. The molecular weight excluding hydrogens is 360 g/mol. The molecule has 0 radical (unpaired) electrons. The van der Waals surface area contributed by atoms with E-state index in [1.165, 1.54) is 7.11 Å². The third-order valence-electron chi connectivity index (χ3n) is 7.10. The number of hydrogen-bond acceptors (Lipinski definition) is 5. The van der Waals surface area contributed by atoms with E-state index < -0.39 is 17.2 Å². The van der Waals surface area contributed by atoms with E-state index in [0.29, 0.717) is 39.0 Å². The molecule has 2 aliphatic heterocycles. The van der Waals surface area contributed by atoms with Gasteiger partial charge in [0.15, 0.2) is 0 Å². The fourth-order valence-electron chi connectivity index (χ4n) is 5.17. The third kappa shape index (κ3) is 4.36. The highest BCUT2D eigenvalue weighted by Crippen LogP contribution is 2.40. The first kappa shape index (κ1) is 21.5. The third-order valence-corrected chi connectivity index (χ3v) is 7.10. The minimum atomic E-state index is -0.817. The summed E-state index contributed by atoms with van der Waals surface area (Å²) in [5.41, 5.74) is -1.45. The van der Waals surface area contributed by atoms with Gasteiger partial charge in [0.1, 0.15) is 12.7 Å². The minimum Gasteiger partial charge on any atom is -0.388 e. The maximum absolute atomic E-state index is 12.9. The van der Waals surface area contributed by atoms with E-state index in [0.717, 1.165) is 31.6 Å². The summed E-state index contributed by atoms with van der Waals surface area (Å²) in [6.45, 7) is 5.79. The standard InChI is InChI=1S/C21H36N2O5/c1-15-4-6-16(7-5-15)18(25)23-11-8-21(9-12-23)19(26)20(2,10-13-28-21)22-17(24)14-27-3/h15-16,19,26H,4-14H2,1-3H3,(H,22,24)/t15?,16?,19?,20-/m1/s1. The Morgan fingerprint density at radius 3 is 2.43 bits per heavy atom. The van der Waals surface area contributed by atoms with Gasteiger partial charge in [-0.25, -0.2) is 0 Å². The first-order valence-electron chi connectivity index (χ1n) is 10.7. The number of likely N-dealkylation sites (tertiary alicyclic amines) is 1. The van der Waals surface area contributed by atoms with Crippen LogP contribution in [0.3, 0.4) is 0 Å². The molecular formula is C21H36N2O5. The van der Waals surface area contributed by atoms with Crippen molar-refractivity contribution in [2.45, 2.75) is 76.0 Å². The maximum Gasteiger partial charge on any atom is 0.246 e. The molecule has 7 nitrogen and oxygen atoms in total. The van der Waals surface area contributed by atoms with Crippen LogP contribution in [-0.2, 0) is 19.1 Å². The van der Waals surface area contributed by atoms with Crippen LogP contribution in [0.15, 0.2) is 0 Å². The minimum absolute atomic E-state index is 0.0293. The molecule has 0 bridgehead atoms. The van der Waals surface area contributed by atoms with Crippen LogP contribution in [0.25, 0.3) is 0 Å². The Bertz CT molecular complexity index is 567. The molecule has 0 aromatic carbocycles. The number of aliphatic hydroxyl groups is 1. The number of amides is 2. The molecule has 7 heteroatoms. The lowest BCUT2D eigenvalue weighted by molar-refractivity contribution is -0.208. The van der Waals surface area contributed by atoms with Crippen LogP contribution in [0.5, 0.6) is 0 Å². The molecule has 1 aliphatic carbocycles. The Morgan fingerprint density at radius 2 is 1.82 bits per heavy atom. The van der Waals surface area contributed by atoms with Crippen LogP contribution in [0.1, 0.15) is 58.8 Å². The van der Waals surface area contributed by atoms with Crippen LogP contribution < -0.4 is 5.32 Å². The van der Waals surface area contributed by atoms with Gasteiger partial charge in [0.25, 0.3) is 0 Å². The summed E-state index contributed by atoms with van der Waals surface area (Å²) in [5, 5.41) is 14.1. The number of rotatable bonds is 4. The lowest BCUT2D eigenvalue weighted by atomic mass is 9.72. The number of carbonyl (C=O) groups excluding carboxylic acids is 2. The van der Waals surface area contributed by atoms with E-state index in [-0.39, 0.29) is 24.3 Å². The van der Waals surface area contributed by atoms with Crippen LogP contribution in [0.2, 0.25) is 0 Å². The molecule has 2 heterocycles. The zero-order valence-corrected chi connectivity index (χ0v) is 17.5. The smallest absolute Gasteiger partial charge is 0.246 e. The van der Waals surface area contributed by atoms with Gasteiger partial charge in [0.2, 0.25) is 11.8 Å². The van der Waals surface area contributed by atoms with Crippen LogP contribution in [-0.4, -0.2) is 72.5 Å². The van der Waals surface area contributed by atoms with E-state index in [2.05, 4.69) is 12.2 Å². The van der Waals surface area contributed by atoms with Crippen molar-refractivity contribution in [1.82, 2.24) is 10.2 Å². The van der Waals surface area contributed by atoms with Crippen molar-refractivity contribution in [3.63, 3.8) is 0 Å². The maximum atomic E-state index is 12.9. The van der Waals surface area contributed by atoms with E-state index in [1.54, 1.807) is 0 Å². The molecule has 28 heavy (non-hydrogen) atoms. The van der Waals surface area contributed by atoms with Gasteiger partial charge < -0.3 is 24.8 Å². The zero-order chi connectivity index (χ0) is 20.4. The Labute approximate surface area is 168 Å². The summed E-state index contributed by atoms with van der Waals surface area (Å²) in [4.78, 5) is 26.9. The fourth-order valence-corrected chi connectivity index (χ4v) is 5.17. The summed E-state index contributed by atoms with van der Waals surface area (Å²) >= 11 is 0. The van der Waals surface area contributed by atoms with Gasteiger partial charge in [-0.2, -0.15) is 0 Å². The van der Waals surface area contributed by atoms with Crippen molar-refractivity contribution >= 4 is 11.8 Å². The Morgan fingerprint density at radius 1 is 1.18 bits per heavy atom. The number of piperidine rings is 1. The molecule has 3 rings (SSSR count). The average Bonchev–Trinajstić information content (AvgIpc) is 2.67. The van der Waals surface area contributed by atoms with Gasteiger partial charge in [-0.05, 0) is 57.8 Å². The summed E-state index contributed by atoms with van der Waals surface area (Å²) in [6, 6.07) is 0. The number of nitrogens with one attached hydrogen (secondary N) is 1. The summed E-state index contributed by atoms with van der Waals surface area (Å²) in [7, 11) is 1.48. The molecule has 1 saturated carbocycles. The largest absolute Gasteiger partial charge is 0.388 e. The van der Waals surface area contributed by atoms with Crippen LogP contribution in [0, 0.1) is 11.8 Å². The number of nitrogens with zero attached hydrogens (tertiary/aromatic N) is 1. The lowest BCUT2D eigenvalue weighted by Crippen LogP contribution is -2.69. The molecule has 0 aromatic rings. The van der Waals surface area contributed by atoms with Crippen molar-refractivity contribution in [2.75, 3.05) is 33.4 Å². The second-order valence-electron chi connectivity index (χ2n) is 9.25. The van der Waals surface area contributed by atoms with E-state index in [1.807, 2.05) is 11.8 Å². The highest BCUT2D eigenvalue weighted by molar-refractivity contribution is 5.79. The Kier molecular flexibility index (Phi) is 6.67. The Hall–Kier alpha value is -1.18. The van der Waals surface area contributed by atoms with Gasteiger partial charge in [-0.3, -0.25) is 9.59 Å². The second-order valence-corrected chi connectivity index (χ2v) is 9.25. The highest BCUT2D eigenvalue weighted by atomic mass is 16.5. The molecule has 2 atom stereocenters. The average molecular weight is 397 g/mol. The van der Waals surface area contributed by atoms with Gasteiger partial charge in [0.05, 0.1) is 11.1 Å². The lowest BCUT2D eigenvalue weighted by Gasteiger charge is -2.53. The van der Waals surface area contributed by atoms with Crippen molar-refractivity contribution < 1.29 is 24.2 Å². The number of ether oxygens (including phenoxy) is 2. The number of carbonyl (C=O) groups is 2. The Balaban J connectivity index is 1.60. The number of methoxy groups -OCH3 is 1. The van der Waals surface area contributed by atoms with Crippen molar-refractivity contribution in [3.05, 3.63) is 0 Å². The normalized spacial score (nSPS) is 35.6. The van der Waals surface area contributed by atoms with Gasteiger partial charge in [-0.1, -0.05) is 6.92 Å². The van der Waals surface area contributed by atoms with Crippen molar-refractivity contribution in [1.29, 1.82) is 0 Å². The van der Waals surface area contributed by atoms with Gasteiger partial charge in [-0.15, -0.1) is 0 Å². The van der Waals surface area contributed by atoms with Crippen LogP contribution in [0.4, 0.5) is 0 Å². The molecule has 3 aliphatic rings. The molecule has 1 spiro atoms. The van der Waals surface area contributed by atoms with Crippen molar-refractivity contribution in [3.8, 4) is 0 Å². The van der Waals surface area contributed by atoms with Gasteiger partial charge in [0, 0.05) is 32.7 Å². The zero-order valence-electron chi connectivity index (χ0n) is 17.5. The fraction of sp³-hybridized carbons (Fsp3) is 0.905. The molecule has 2 N–H and O–H groups in total. The van der Waals surface area contributed by atoms with Crippen LogP contribution >= 0.6 is 0 Å². The van der Waals surface area contributed by atoms with Crippen molar-refractivity contribution in [2.24, 2.45) is 11.8 Å². The molecule has 2 saturated heterocycles. The number of hydrogen-bond donors (Lipinski definition) is 2. The quantitative estimate of drug-likeness (QED) is 0.751. The first-order chi connectivity index (χ1) is 13.3. The predicted molar refractivity (Wildman–Crippen MR) is 105 cm³/mol. The van der Waals surface area contributed by atoms with E-state index in [9.17, 15) is 14.7 Å². The highest BCUT2D eigenvalue weighted by Gasteiger charge is 2.54. The SMILES string of the molecule is COCC(=O)N[C@]1(C)CCOC2(CCN(C(=O)C3CCC(C)CC3)CC2)C1O. The second kappa shape index (κ2) is 8.67. The predicted octanol–water partition coefficient (Wildman–Crippen LogP) is 1.48. The van der Waals surface area contributed by atoms with E-state index >= 15 is 0 Å². The summed E-state index contributed by atoms with van der Waals surface area (Å²) < 4.78 is 11.0. The summed E-state index contributed by atoms with van der Waals surface area (Å²) in [6.07, 6.45) is 5.17.